The van der Waals surface area contributed by atoms with Crippen molar-refractivity contribution in [3.05, 3.63) is 12.7 Å². The van der Waals surface area contributed by atoms with E-state index in [-0.39, 0.29) is 12.1 Å². The van der Waals surface area contributed by atoms with E-state index in [1.165, 1.54) is 7.11 Å². The van der Waals surface area contributed by atoms with Crippen molar-refractivity contribution in [1.29, 1.82) is 0 Å². The van der Waals surface area contributed by atoms with Crippen molar-refractivity contribution in [2.45, 2.75) is 25.0 Å². The third kappa shape index (κ3) is 2.21. The van der Waals surface area contributed by atoms with E-state index in [4.69, 9.17) is 0 Å². The molecule has 0 spiro atoms. The molecule has 1 aliphatic rings. The Hall–Kier alpha value is -1.03. The van der Waals surface area contributed by atoms with Crippen molar-refractivity contribution >= 4 is 6.09 Å². The Morgan fingerprint density at radius 2 is 2.54 bits per heavy atom. The van der Waals surface area contributed by atoms with Crippen molar-refractivity contribution in [3.63, 3.8) is 0 Å². The average molecular weight is 185 g/mol. The fourth-order valence-corrected chi connectivity index (χ4v) is 1.65. The first-order valence-corrected chi connectivity index (χ1v) is 4.32. The molecule has 4 nitrogen and oxygen atoms in total. The molecule has 1 heterocycles. The second kappa shape index (κ2) is 4.28. The zero-order valence-electron chi connectivity index (χ0n) is 7.77. The third-order valence-electron chi connectivity index (χ3n) is 2.24. The molecule has 13 heavy (non-hydrogen) atoms. The van der Waals surface area contributed by atoms with Crippen LogP contribution in [0.25, 0.3) is 0 Å². The van der Waals surface area contributed by atoms with Gasteiger partial charge in [0.2, 0.25) is 0 Å². The molecule has 1 aliphatic heterocycles. The quantitative estimate of drug-likeness (QED) is 0.646. The van der Waals surface area contributed by atoms with Crippen LogP contribution in [0.3, 0.4) is 0 Å². The molecule has 1 saturated heterocycles. The van der Waals surface area contributed by atoms with E-state index < -0.39 is 6.10 Å². The minimum Gasteiger partial charge on any atom is -0.453 e. The summed E-state index contributed by atoms with van der Waals surface area (Å²) >= 11 is 0. The number of likely N-dealkylation sites (tertiary alicyclic amines) is 1. The minimum atomic E-state index is -0.427. The number of hydrogen-bond acceptors (Lipinski definition) is 3. The molecular formula is C9H15NO3. The van der Waals surface area contributed by atoms with Gasteiger partial charge < -0.3 is 14.7 Å². The smallest absolute Gasteiger partial charge is 0.409 e. The predicted molar refractivity (Wildman–Crippen MR) is 48.3 cm³/mol. The van der Waals surface area contributed by atoms with Gasteiger partial charge in [-0.2, -0.15) is 0 Å². The number of aliphatic hydroxyl groups excluding tert-OH is 1. The molecule has 1 N–H and O–H groups in total. The van der Waals surface area contributed by atoms with E-state index in [2.05, 4.69) is 11.3 Å². The van der Waals surface area contributed by atoms with E-state index in [0.717, 1.165) is 0 Å². The van der Waals surface area contributed by atoms with Crippen LogP contribution in [0.2, 0.25) is 0 Å². The topological polar surface area (TPSA) is 49.8 Å². The zero-order valence-corrected chi connectivity index (χ0v) is 7.77. The van der Waals surface area contributed by atoms with Crippen molar-refractivity contribution in [2.24, 2.45) is 0 Å². The van der Waals surface area contributed by atoms with Crippen LogP contribution in [-0.2, 0) is 4.74 Å². The maximum Gasteiger partial charge on any atom is 0.409 e. The van der Waals surface area contributed by atoms with Gasteiger partial charge in [-0.15, -0.1) is 6.58 Å². The summed E-state index contributed by atoms with van der Waals surface area (Å²) in [6.07, 6.45) is 2.26. The van der Waals surface area contributed by atoms with Crippen LogP contribution in [0.5, 0.6) is 0 Å². The highest BCUT2D eigenvalue weighted by atomic mass is 16.5. The fourth-order valence-electron chi connectivity index (χ4n) is 1.65. The molecule has 0 saturated carbocycles. The number of ether oxygens (including phenoxy) is 1. The Bertz CT molecular complexity index is 205. The van der Waals surface area contributed by atoms with E-state index in [1.54, 1.807) is 11.0 Å². The monoisotopic (exact) mass is 185 g/mol. The van der Waals surface area contributed by atoms with Gasteiger partial charge in [-0.25, -0.2) is 4.79 Å². The van der Waals surface area contributed by atoms with Crippen LogP contribution in [-0.4, -0.2) is 41.9 Å². The van der Waals surface area contributed by atoms with Gasteiger partial charge in [0.25, 0.3) is 0 Å². The summed E-state index contributed by atoms with van der Waals surface area (Å²) in [6, 6.07) is 0.0416. The lowest BCUT2D eigenvalue weighted by Crippen LogP contribution is -2.35. The Kier molecular flexibility index (Phi) is 3.31. The van der Waals surface area contributed by atoms with Crippen molar-refractivity contribution in [2.75, 3.05) is 13.7 Å². The normalized spacial score (nSPS) is 27.4. The van der Waals surface area contributed by atoms with Crippen LogP contribution in [0.15, 0.2) is 12.7 Å². The van der Waals surface area contributed by atoms with Gasteiger partial charge in [-0.1, -0.05) is 6.08 Å². The predicted octanol–water partition coefficient (Wildman–Crippen LogP) is 0.764. The molecule has 0 aromatic carbocycles. The summed E-state index contributed by atoms with van der Waals surface area (Å²) in [4.78, 5) is 12.8. The summed E-state index contributed by atoms with van der Waals surface area (Å²) in [5.74, 6) is 0. The summed E-state index contributed by atoms with van der Waals surface area (Å²) < 4.78 is 4.60. The SMILES string of the molecule is C=CCC1CC(O)CN1C(=O)OC. The van der Waals surface area contributed by atoms with Crippen LogP contribution in [0.4, 0.5) is 4.79 Å². The summed E-state index contributed by atoms with van der Waals surface area (Å²) in [6.45, 7) is 3.97. The standard InChI is InChI=1S/C9H15NO3/c1-3-4-7-5-8(11)6-10(7)9(12)13-2/h3,7-8,11H,1,4-6H2,2H3. The highest BCUT2D eigenvalue weighted by molar-refractivity contribution is 5.68. The number of aliphatic hydroxyl groups is 1. The molecule has 0 bridgehead atoms. The first kappa shape index (κ1) is 10.1. The van der Waals surface area contributed by atoms with Gasteiger partial charge in [0, 0.05) is 6.04 Å². The summed E-state index contributed by atoms with van der Waals surface area (Å²) in [5.41, 5.74) is 0. The van der Waals surface area contributed by atoms with E-state index >= 15 is 0 Å². The van der Waals surface area contributed by atoms with E-state index in [9.17, 15) is 9.90 Å². The molecule has 0 radical (unpaired) electrons. The maximum absolute atomic E-state index is 11.2. The minimum absolute atomic E-state index is 0.0416. The summed E-state index contributed by atoms with van der Waals surface area (Å²) in [5, 5.41) is 9.36. The zero-order chi connectivity index (χ0) is 9.84. The Labute approximate surface area is 77.8 Å². The first-order chi connectivity index (χ1) is 6.19. The maximum atomic E-state index is 11.2. The molecule has 74 valence electrons. The molecule has 0 aromatic rings. The lowest BCUT2D eigenvalue weighted by molar-refractivity contribution is 0.113. The van der Waals surface area contributed by atoms with Gasteiger partial charge in [0.05, 0.1) is 19.8 Å². The Morgan fingerprint density at radius 3 is 3.08 bits per heavy atom. The third-order valence-corrected chi connectivity index (χ3v) is 2.24. The Morgan fingerprint density at radius 1 is 1.85 bits per heavy atom. The number of carbonyl (C=O) groups excluding carboxylic acids is 1. The van der Waals surface area contributed by atoms with Crippen LogP contribution >= 0.6 is 0 Å². The van der Waals surface area contributed by atoms with Crippen molar-refractivity contribution in [3.8, 4) is 0 Å². The highest BCUT2D eigenvalue weighted by Crippen LogP contribution is 2.21. The number of amides is 1. The molecule has 2 unspecified atom stereocenters. The van der Waals surface area contributed by atoms with Gasteiger partial charge in [-0.05, 0) is 12.8 Å². The number of rotatable bonds is 2. The first-order valence-electron chi connectivity index (χ1n) is 4.32. The lowest BCUT2D eigenvalue weighted by atomic mass is 10.1. The molecule has 1 amide bonds. The lowest BCUT2D eigenvalue weighted by Gasteiger charge is -2.21. The fraction of sp³-hybridized carbons (Fsp3) is 0.667. The second-order valence-corrected chi connectivity index (χ2v) is 3.19. The van der Waals surface area contributed by atoms with E-state index in [1.807, 2.05) is 0 Å². The number of β-amino-alcohol motifs (C(OH)–C–C–N with tert-alkyl or cyclic N) is 1. The van der Waals surface area contributed by atoms with Crippen molar-refractivity contribution < 1.29 is 14.6 Å². The number of carbonyl (C=O) groups is 1. The largest absolute Gasteiger partial charge is 0.453 e. The molecule has 0 aromatic heterocycles. The van der Waals surface area contributed by atoms with Crippen LogP contribution < -0.4 is 0 Å². The number of methoxy groups -OCH3 is 1. The van der Waals surface area contributed by atoms with E-state index in [0.29, 0.717) is 19.4 Å². The summed E-state index contributed by atoms with van der Waals surface area (Å²) in [7, 11) is 1.35. The number of nitrogens with zero attached hydrogens (tertiary/aromatic N) is 1. The second-order valence-electron chi connectivity index (χ2n) is 3.19. The molecule has 2 atom stereocenters. The average Bonchev–Trinajstić information content (AvgIpc) is 2.46. The van der Waals surface area contributed by atoms with Gasteiger partial charge >= 0.3 is 6.09 Å². The van der Waals surface area contributed by atoms with Crippen LogP contribution in [0.1, 0.15) is 12.8 Å². The Balaban J connectivity index is 2.59. The highest BCUT2D eigenvalue weighted by Gasteiger charge is 2.33. The van der Waals surface area contributed by atoms with Gasteiger partial charge in [0.1, 0.15) is 0 Å². The molecule has 1 rings (SSSR count). The van der Waals surface area contributed by atoms with Crippen LogP contribution in [0, 0.1) is 0 Å². The number of hydrogen-bond donors (Lipinski definition) is 1. The van der Waals surface area contributed by atoms with Gasteiger partial charge in [0.15, 0.2) is 0 Å². The van der Waals surface area contributed by atoms with Crippen molar-refractivity contribution in [1.82, 2.24) is 4.90 Å². The molecule has 0 aliphatic carbocycles. The van der Waals surface area contributed by atoms with Gasteiger partial charge in [-0.3, -0.25) is 0 Å². The molecular weight excluding hydrogens is 170 g/mol. The molecule has 4 heteroatoms. The molecule has 1 fully saturated rings.